The van der Waals surface area contributed by atoms with Crippen molar-refractivity contribution in [3.63, 3.8) is 0 Å². The third-order valence-corrected chi connectivity index (χ3v) is 13.8. The van der Waals surface area contributed by atoms with E-state index in [9.17, 15) is 17.6 Å². The Balaban J connectivity index is 1.15. The number of halogens is 3. The summed E-state index contributed by atoms with van der Waals surface area (Å²) < 4.78 is 77.3. The molecule has 4 bridgehead atoms. The zero-order chi connectivity index (χ0) is 39.7. The molecular formula is C38H37F3N10O4S2. The number of aromatic nitrogens is 7. The molecule has 2 saturated heterocycles. The van der Waals surface area contributed by atoms with Crippen LogP contribution in [-0.2, 0) is 25.9 Å². The van der Waals surface area contributed by atoms with E-state index >= 15 is 8.78 Å². The second-order valence-electron chi connectivity index (χ2n) is 14.8. The molecule has 4 aromatic heterocycles. The maximum absolute atomic E-state index is 15.2. The first kappa shape index (κ1) is 37.3. The van der Waals surface area contributed by atoms with Crippen LogP contribution in [0.3, 0.4) is 0 Å². The molecule has 3 aliphatic heterocycles. The summed E-state index contributed by atoms with van der Waals surface area (Å²) in [6.07, 6.45) is 1.36. The van der Waals surface area contributed by atoms with Gasteiger partial charge in [0.15, 0.2) is 26.5 Å². The van der Waals surface area contributed by atoms with Crippen LogP contribution in [0.5, 0.6) is 0 Å². The van der Waals surface area contributed by atoms with Gasteiger partial charge in [-0.3, -0.25) is 4.79 Å². The van der Waals surface area contributed by atoms with Gasteiger partial charge in [-0.1, -0.05) is 17.8 Å². The minimum absolute atomic E-state index is 0.0322. The van der Waals surface area contributed by atoms with Crippen molar-refractivity contribution >= 4 is 61.2 Å². The van der Waals surface area contributed by atoms with Crippen molar-refractivity contribution in [2.24, 2.45) is 5.92 Å². The van der Waals surface area contributed by atoms with Crippen LogP contribution in [0, 0.1) is 30.3 Å². The monoisotopic (exact) mass is 818 g/mol. The number of ether oxygens (including phenoxy) is 1. The van der Waals surface area contributed by atoms with Crippen LogP contribution in [0.1, 0.15) is 12.2 Å². The first-order valence-electron chi connectivity index (χ1n) is 18.3. The standard InChI is InChI=1S/C38H37F3N10O4S2/c1-20-43-30-11-23(40)9-26-29-5-4-6-33(45-29)44-24-12-32(37(52)48(2)15-25(55-3)16-49(20)34(26)30)50(14-24)35-27-13-42-51(31-8-7-22(39)10-28(31)41)36(27)47-38(46-35)56-17-21-18-57(53,54)19-21/h4-11,13,21,24-25,32H,12,14-19H2,1-3H3,(H,44,45)/t24-,25+,32-/m0/s1. The number of hydrogen-bond acceptors (Lipinski definition) is 12. The SMILES string of the molecule is CO[C@@H]1CN(C)C(=O)[C@@H]2C[C@@H](CN2c2nc(SCC3CS(=O)(=O)C3)nc3c2cnn3-c2ccc(F)cc2F)Nc2cccc(n2)-c2cc(F)cc3nc(C)n(c23)C1. The first-order chi connectivity index (χ1) is 27.3. The highest BCUT2D eigenvalue weighted by atomic mass is 32.2. The number of carbonyl (C=O) groups is 1. The fourth-order valence-electron chi connectivity index (χ4n) is 8.06. The number of amides is 1. The fourth-order valence-corrected chi connectivity index (χ4v) is 10.9. The van der Waals surface area contributed by atoms with Crippen molar-refractivity contribution in [2.75, 3.05) is 54.7 Å². The molecule has 57 heavy (non-hydrogen) atoms. The molecule has 19 heteroatoms. The highest BCUT2D eigenvalue weighted by Crippen LogP contribution is 2.37. The van der Waals surface area contributed by atoms with Crippen LogP contribution in [0.25, 0.3) is 39.0 Å². The van der Waals surface area contributed by atoms with Crippen LogP contribution >= 0.6 is 11.8 Å². The Morgan fingerprint density at radius 2 is 1.81 bits per heavy atom. The predicted molar refractivity (Wildman–Crippen MR) is 209 cm³/mol. The van der Waals surface area contributed by atoms with Crippen molar-refractivity contribution in [1.29, 1.82) is 0 Å². The molecule has 6 aromatic rings. The van der Waals surface area contributed by atoms with Gasteiger partial charge in [-0.15, -0.1) is 0 Å². The molecule has 9 rings (SSSR count). The quantitative estimate of drug-likeness (QED) is 0.184. The Morgan fingerprint density at radius 3 is 2.58 bits per heavy atom. The van der Waals surface area contributed by atoms with E-state index in [-0.39, 0.29) is 59.0 Å². The third-order valence-electron chi connectivity index (χ3n) is 10.8. The van der Waals surface area contributed by atoms with Gasteiger partial charge in [0, 0.05) is 56.7 Å². The molecular weight excluding hydrogens is 782 g/mol. The lowest BCUT2D eigenvalue weighted by Crippen LogP contribution is -2.47. The number of sulfone groups is 1. The average Bonchev–Trinajstić information content (AvgIpc) is 3.86. The van der Waals surface area contributed by atoms with Gasteiger partial charge in [-0.25, -0.2) is 46.2 Å². The second kappa shape index (κ2) is 14.3. The number of thioether (sulfide) groups is 1. The minimum atomic E-state index is -3.06. The van der Waals surface area contributed by atoms with E-state index < -0.39 is 39.4 Å². The number of nitrogens with zero attached hydrogens (tertiary/aromatic N) is 9. The average molecular weight is 819 g/mol. The number of pyridine rings is 1. The smallest absolute Gasteiger partial charge is 0.245 e. The summed E-state index contributed by atoms with van der Waals surface area (Å²) in [5.41, 5.74) is 2.49. The zero-order valence-corrected chi connectivity index (χ0v) is 32.7. The summed E-state index contributed by atoms with van der Waals surface area (Å²) in [6, 6.07) is 10.4. The summed E-state index contributed by atoms with van der Waals surface area (Å²) >= 11 is 1.27. The maximum Gasteiger partial charge on any atom is 0.245 e. The molecule has 1 N–H and O–H groups in total. The van der Waals surface area contributed by atoms with E-state index in [0.29, 0.717) is 63.9 Å². The van der Waals surface area contributed by atoms with E-state index in [0.717, 1.165) is 12.1 Å². The Bertz CT molecular complexity index is 2680. The van der Waals surface area contributed by atoms with Crippen LogP contribution in [0.2, 0.25) is 0 Å². The largest absolute Gasteiger partial charge is 0.378 e. The number of imidazole rings is 1. The van der Waals surface area contributed by atoms with Crippen LogP contribution < -0.4 is 10.2 Å². The van der Waals surface area contributed by atoms with Gasteiger partial charge in [0.2, 0.25) is 5.91 Å². The molecule has 0 saturated carbocycles. The topological polar surface area (TPSA) is 153 Å². The number of hydrogen-bond donors (Lipinski definition) is 1. The van der Waals surface area contributed by atoms with Gasteiger partial charge in [-0.2, -0.15) is 5.10 Å². The summed E-state index contributed by atoms with van der Waals surface area (Å²) in [5.74, 6) is -0.218. The third kappa shape index (κ3) is 6.94. The molecule has 3 aliphatic rings. The lowest BCUT2D eigenvalue weighted by atomic mass is 10.1. The molecule has 3 atom stereocenters. The van der Waals surface area contributed by atoms with Crippen LogP contribution in [-0.4, -0.2) is 116 Å². The number of carbonyl (C=O) groups excluding carboxylic acids is 1. The number of benzene rings is 2. The number of nitrogens with one attached hydrogen (secondary N) is 1. The van der Waals surface area contributed by atoms with E-state index in [1.165, 1.54) is 40.8 Å². The maximum atomic E-state index is 15.2. The Hall–Kier alpha value is -5.27. The number of anilines is 2. The molecule has 0 radical (unpaired) electrons. The molecule has 1 amide bonds. The number of aryl methyl sites for hydroxylation is 1. The molecule has 2 aromatic carbocycles. The number of likely N-dealkylation sites (N-methyl/N-ethyl adjacent to an activating group) is 1. The van der Waals surface area contributed by atoms with E-state index in [4.69, 9.17) is 19.7 Å². The summed E-state index contributed by atoms with van der Waals surface area (Å²) in [5, 5.41) is 8.67. The summed E-state index contributed by atoms with van der Waals surface area (Å²) in [6.45, 7) is 2.66. The van der Waals surface area contributed by atoms with Gasteiger partial charge in [-0.05, 0) is 49.6 Å². The molecule has 7 heterocycles. The van der Waals surface area contributed by atoms with Gasteiger partial charge in [0.25, 0.3) is 0 Å². The zero-order valence-electron chi connectivity index (χ0n) is 31.1. The van der Waals surface area contributed by atoms with E-state index in [2.05, 4.69) is 15.4 Å². The van der Waals surface area contributed by atoms with E-state index in [1.54, 1.807) is 19.1 Å². The Labute approximate surface area is 329 Å². The van der Waals surface area contributed by atoms with Crippen molar-refractivity contribution in [3.8, 4) is 16.9 Å². The summed E-state index contributed by atoms with van der Waals surface area (Å²) in [7, 11) is 0.235. The van der Waals surface area contributed by atoms with Crippen LogP contribution in [0.4, 0.5) is 24.8 Å². The fraction of sp³-hybridized carbons (Fsp3) is 0.368. The normalized spacial score (nSPS) is 21.1. The molecule has 0 unspecified atom stereocenters. The van der Waals surface area contributed by atoms with E-state index in [1.807, 2.05) is 34.6 Å². The Morgan fingerprint density at radius 1 is 0.982 bits per heavy atom. The molecule has 2 fully saturated rings. The van der Waals surface area contributed by atoms with Crippen LogP contribution in [0.15, 0.2) is 59.9 Å². The highest BCUT2D eigenvalue weighted by molar-refractivity contribution is 7.99. The lowest BCUT2D eigenvalue weighted by molar-refractivity contribution is -0.132. The lowest BCUT2D eigenvalue weighted by Gasteiger charge is -2.31. The molecule has 296 valence electrons. The Kier molecular flexibility index (Phi) is 9.35. The number of methoxy groups -OCH3 is 1. The van der Waals surface area contributed by atoms with Crippen molar-refractivity contribution < 1.29 is 31.1 Å². The van der Waals surface area contributed by atoms with Crippen molar-refractivity contribution in [2.45, 2.75) is 43.2 Å². The number of rotatable bonds is 6. The number of fused-ring (bicyclic) bond motifs is 6. The molecule has 0 spiro atoms. The van der Waals surface area contributed by atoms with Crippen molar-refractivity contribution in [1.82, 2.24) is 39.2 Å². The predicted octanol–water partition coefficient (Wildman–Crippen LogP) is 4.64. The highest BCUT2D eigenvalue weighted by Gasteiger charge is 2.41. The first-order valence-corrected chi connectivity index (χ1v) is 21.1. The molecule has 14 nitrogen and oxygen atoms in total. The summed E-state index contributed by atoms with van der Waals surface area (Å²) in [4.78, 5) is 37.4. The van der Waals surface area contributed by atoms with Gasteiger partial charge in [0.05, 0.1) is 52.5 Å². The molecule has 0 aliphatic carbocycles. The van der Waals surface area contributed by atoms with Gasteiger partial charge < -0.3 is 24.4 Å². The van der Waals surface area contributed by atoms with Gasteiger partial charge >= 0.3 is 0 Å². The van der Waals surface area contributed by atoms with Gasteiger partial charge in [0.1, 0.15) is 40.8 Å². The minimum Gasteiger partial charge on any atom is -0.378 e. The second-order valence-corrected chi connectivity index (χ2v) is 17.9. The van der Waals surface area contributed by atoms with Crippen molar-refractivity contribution in [3.05, 3.63) is 78.0 Å².